The molecule has 5 nitrogen and oxygen atoms in total. The maximum atomic E-state index is 12.1. The van der Waals surface area contributed by atoms with Crippen LogP contribution in [0.25, 0.3) is 0 Å². The van der Waals surface area contributed by atoms with Crippen molar-refractivity contribution in [3.63, 3.8) is 0 Å². The van der Waals surface area contributed by atoms with Crippen LogP contribution in [0.1, 0.15) is 44.9 Å². The van der Waals surface area contributed by atoms with Crippen LogP contribution in [-0.2, 0) is 9.59 Å². The van der Waals surface area contributed by atoms with Gasteiger partial charge in [0.2, 0.25) is 11.8 Å². The van der Waals surface area contributed by atoms with Crippen molar-refractivity contribution in [2.24, 2.45) is 11.8 Å². The normalized spacial score (nSPS) is 34.4. The number of carbonyl (C=O) groups is 2. The van der Waals surface area contributed by atoms with Crippen molar-refractivity contribution in [3.05, 3.63) is 0 Å². The lowest BCUT2D eigenvalue weighted by Gasteiger charge is -2.25. The Kier molecular flexibility index (Phi) is 3.96. The van der Waals surface area contributed by atoms with Gasteiger partial charge in [-0.15, -0.1) is 0 Å². The van der Waals surface area contributed by atoms with E-state index in [0.29, 0.717) is 31.5 Å². The number of likely N-dealkylation sites (tertiary alicyclic amines) is 1. The highest BCUT2D eigenvalue weighted by Crippen LogP contribution is 2.32. The van der Waals surface area contributed by atoms with E-state index in [0.717, 1.165) is 38.5 Å². The van der Waals surface area contributed by atoms with Gasteiger partial charge in [0, 0.05) is 25.6 Å². The Hall–Kier alpha value is -1.10. The molecule has 1 saturated heterocycles. The van der Waals surface area contributed by atoms with Gasteiger partial charge in [0.25, 0.3) is 0 Å². The summed E-state index contributed by atoms with van der Waals surface area (Å²) in [5, 5.41) is 12.5. The second-order valence-corrected chi connectivity index (χ2v) is 6.60. The summed E-state index contributed by atoms with van der Waals surface area (Å²) in [5.41, 5.74) is 0. The van der Waals surface area contributed by atoms with Gasteiger partial charge in [-0.2, -0.15) is 0 Å². The first-order valence-corrected chi connectivity index (χ1v) is 7.88. The van der Waals surface area contributed by atoms with E-state index in [2.05, 4.69) is 5.32 Å². The Bertz CT molecular complexity index is 387. The Morgan fingerprint density at radius 3 is 2.55 bits per heavy atom. The first-order valence-electron chi connectivity index (χ1n) is 7.88. The molecule has 1 atom stereocenters. The second-order valence-electron chi connectivity index (χ2n) is 6.60. The van der Waals surface area contributed by atoms with Crippen LogP contribution in [-0.4, -0.2) is 47.1 Å². The van der Waals surface area contributed by atoms with E-state index in [1.54, 1.807) is 0 Å². The summed E-state index contributed by atoms with van der Waals surface area (Å²) >= 11 is 0. The average molecular weight is 280 g/mol. The van der Waals surface area contributed by atoms with Crippen LogP contribution in [0, 0.1) is 11.8 Å². The van der Waals surface area contributed by atoms with Crippen molar-refractivity contribution in [1.29, 1.82) is 0 Å². The smallest absolute Gasteiger partial charge is 0.225 e. The first kappa shape index (κ1) is 13.9. The van der Waals surface area contributed by atoms with Gasteiger partial charge in [0.1, 0.15) is 0 Å². The molecular weight excluding hydrogens is 256 g/mol. The van der Waals surface area contributed by atoms with E-state index in [1.165, 1.54) is 0 Å². The molecule has 2 amide bonds. The number of carbonyl (C=O) groups excluding carboxylic acids is 2. The summed E-state index contributed by atoms with van der Waals surface area (Å²) in [4.78, 5) is 25.9. The zero-order chi connectivity index (χ0) is 14.1. The van der Waals surface area contributed by atoms with Crippen molar-refractivity contribution in [2.45, 2.75) is 57.1 Å². The van der Waals surface area contributed by atoms with Crippen molar-refractivity contribution in [3.8, 4) is 0 Å². The zero-order valence-electron chi connectivity index (χ0n) is 11.9. The molecule has 1 unspecified atom stereocenters. The minimum absolute atomic E-state index is 0.0348. The Morgan fingerprint density at radius 2 is 1.90 bits per heavy atom. The minimum Gasteiger partial charge on any atom is -0.393 e. The molecule has 2 N–H and O–H groups in total. The van der Waals surface area contributed by atoms with Crippen molar-refractivity contribution >= 4 is 11.8 Å². The van der Waals surface area contributed by atoms with Crippen LogP contribution in [0.15, 0.2) is 0 Å². The molecule has 1 aliphatic heterocycles. The van der Waals surface area contributed by atoms with E-state index < -0.39 is 0 Å². The molecule has 0 radical (unpaired) electrons. The third-order valence-corrected chi connectivity index (χ3v) is 4.90. The Balaban J connectivity index is 1.42. The summed E-state index contributed by atoms with van der Waals surface area (Å²) < 4.78 is 0. The van der Waals surface area contributed by atoms with Crippen LogP contribution in [0.2, 0.25) is 0 Å². The Labute approximate surface area is 119 Å². The zero-order valence-corrected chi connectivity index (χ0v) is 11.9. The van der Waals surface area contributed by atoms with E-state index in [4.69, 9.17) is 0 Å². The summed E-state index contributed by atoms with van der Waals surface area (Å²) in [6, 6.07) is 0.417. The molecule has 3 fully saturated rings. The molecule has 2 aliphatic carbocycles. The van der Waals surface area contributed by atoms with E-state index in [-0.39, 0.29) is 23.8 Å². The lowest BCUT2D eigenvalue weighted by atomic mass is 9.87. The van der Waals surface area contributed by atoms with E-state index >= 15 is 0 Å². The molecule has 112 valence electrons. The molecular formula is C15H24N2O3. The molecule has 3 aliphatic rings. The van der Waals surface area contributed by atoms with Crippen molar-refractivity contribution in [2.75, 3.05) is 13.1 Å². The van der Waals surface area contributed by atoms with Gasteiger partial charge in [-0.25, -0.2) is 0 Å². The molecule has 1 heterocycles. The number of amides is 2. The van der Waals surface area contributed by atoms with E-state index in [9.17, 15) is 14.7 Å². The number of hydrogen-bond donors (Lipinski definition) is 2. The largest absolute Gasteiger partial charge is 0.393 e. The lowest BCUT2D eigenvalue weighted by Crippen LogP contribution is -2.37. The highest BCUT2D eigenvalue weighted by Gasteiger charge is 2.41. The monoisotopic (exact) mass is 280 g/mol. The van der Waals surface area contributed by atoms with Gasteiger partial charge in [0.05, 0.1) is 12.0 Å². The fourth-order valence-electron chi connectivity index (χ4n) is 3.38. The topological polar surface area (TPSA) is 69.6 Å². The van der Waals surface area contributed by atoms with Crippen LogP contribution in [0.5, 0.6) is 0 Å². The third-order valence-electron chi connectivity index (χ3n) is 4.90. The summed E-state index contributed by atoms with van der Waals surface area (Å²) in [6.45, 7) is 1.30. The number of nitrogens with one attached hydrogen (secondary N) is 1. The number of nitrogens with zero attached hydrogens (tertiary/aromatic N) is 1. The van der Waals surface area contributed by atoms with Gasteiger partial charge in [0.15, 0.2) is 0 Å². The second kappa shape index (κ2) is 5.72. The maximum Gasteiger partial charge on any atom is 0.225 e. The SMILES string of the molecule is O=C(NCC1CCC(O)CC1)C1CC(=O)N(C2CC2)C1. The van der Waals surface area contributed by atoms with Gasteiger partial charge in [-0.05, 0) is 44.4 Å². The fourth-order valence-corrected chi connectivity index (χ4v) is 3.38. The summed E-state index contributed by atoms with van der Waals surface area (Å²) in [5.74, 6) is 0.511. The third kappa shape index (κ3) is 3.14. The van der Waals surface area contributed by atoms with Crippen LogP contribution < -0.4 is 5.32 Å². The number of aliphatic hydroxyl groups excluding tert-OH is 1. The minimum atomic E-state index is -0.155. The molecule has 0 bridgehead atoms. The molecule has 0 aromatic heterocycles. The summed E-state index contributed by atoms with van der Waals surface area (Å²) in [6.07, 6.45) is 6.09. The molecule has 0 spiro atoms. The highest BCUT2D eigenvalue weighted by molar-refractivity contribution is 5.89. The standard InChI is InChI=1S/C15H24N2O3/c18-13-5-1-10(2-6-13)8-16-15(20)11-7-14(19)17(9-11)12-3-4-12/h10-13,18H,1-9H2,(H,16,20). The lowest BCUT2D eigenvalue weighted by molar-refractivity contribution is -0.129. The van der Waals surface area contributed by atoms with Crippen molar-refractivity contribution < 1.29 is 14.7 Å². The number of rotatable bonds is 4. The summed E-state index contributed by atoms with van der Waals surface area (Å²) in [7, 11) is 0. The number of aliphatic hydroxyl groups is 1. The molecule has 3 rings (SSSR count). The average Bonchev–Trinajstić information content (AvgIpc) is 3.21. The van der Waals surface area contributed by atoms with E-state index in [1.807, 2.05) is 4.90 Å². The predicted molar refractivity (Wildman–Crippen MR) is 73.8 cm³/mol. The highest BCUT2D eigenvalue weighted by atomic mass is 16.3. The molecule has 0 aromatic carbocycles. The van der Waals surface area contributed by atoms with Crippen molar-refractivity contribution in [1.82, 2.24) is 10.2 Å². The van der Waals surface area contributed by atoms with Gasteiger partial charge in [-0.1, -0.05) is 0 Å². The van der Waals surface area contributed by atoms with Crippen LogP contribution in [0.4, 0.5) is 0 Å². The maximum absolute atomic E-state index is 12.1. The van der Waals surface area contributed by atoms with Gasteiger partial charge in [-0.3, -0.25) is 9.59 Å². The van der Waals surface area contributed by atoms with Gasteiger partial charge >= 0.3 is 0 Å². The van der Waals surface area contributed by atoms with Crippen LogP contribution >= 0.6 is 0 Å². The first-order chi connectivity index (χ1) is 9.63. The Morgan fingerprint density at radius 1 is 1.20 bits per heavy atom. The fraction of sp³-hybridized carbons (Fsp3) is 0.867. The predicted octanol–water partition coefficient (Wildman–Crippen LogP) is 0.665. The molecule has 20 heavy (non-hydrogen) atoms. The molecule has 2 saturated carbocycles. The van der Waals surface area contributed by atoms with Crippen LogP contribution in [0.3, 0.4) is 0 Å². The molecule has 0 aromatic rings. The van der Waals surface area contributed by atoms with Gasteiger partial charge < -0.3 is 15.3 Å². The molecule has 5 heteroatoms. The quantitative estimate of drug-likeness (QED) is 0.795. The number of hydrogen-bond acceptors (Lipinski definition) is 3.